The number of hydrogen-bond acceptors (Lipinski definition) is 4. The highest BCUT2D eigenvalue weighted by molar-refractivity contribution is 6.37. The summed E-state index contributed by atoms with van der Waals surface area (Å²) in [5.41, 5.74) is 1.07. The van der Waals surface area contributed by atoms with Crippen LogP contribution < -0.4 is 9.64 Å². The number of aromatic nitrogens is 1. The van der Waals surface area contributed by atoms with Crippen LogP contribution in [0.4, 0.5) is 18.9 Å². The lowest BCUT2D eigenvalue weighted by atomic mass is 10.2. The summed E-state index contributed by atoms with van der Waals surface area (Å²) in [6.07, 6.45) is -4.98. The zero-order chi connectivity index (χ0) is 19.9. The summed E-state index contributed by atoms with van der Waals surface area (Å²) in [6, 6.07) is 7.16. The summed E-state index contributed by atoms with van der Waals surface area (Å²) < 4.78 is 48.5. The summed E-state index contributed by atoms with van der Waals surface area (Å²) in [4.78, 5) is 16.1. The highest BCUT2D eigenvalue weighted by atomic mass is 35.5. The summed E-state index contributed by atoms with van der Waals surface area (Å²) in [7, 11) is 2.45. The highest BCUT2D eigenvalue weighted by Crippen LogP contribution is 2.38. The molecule has 3 rings (SSSR count). The Bertz CT molecular complexity index is 1010. The molecular weight excluding hydrogens is 408 g/mol. The predicted octanol–water partition coefficient (Wildman–Crippen LogP) is 5.34. The molecule has 3 aromatic rings. The van der Waals surface area contributed by atoms with Crippen LogP contribution in [-0.4, -0.2) is 31.2 Å². The maximum absolute atomic E-state index is 12.6. The third-order valence-corrected chi connectivity index (χ3v) is 4.32. The lowest BCUT2D eigenvalue weighted by molar-refractivity contribution is -0.170. The van der Waals surface area contributed by atoms with Gasteiger partial charge in [-0.2, -0.15) is 13.2 Å². The number of methoxy groups -OCH3 is 1. The van der Waals surface area contributed by atoms with Crippen LogP contribution in [0.2, 0.25) is 10.0 Å². The Balaban J connectivity index is 2.01. The molecule has 142 valence electrons. The first-order valence-corrected chi connectivity index (χ1v) is 8.16. The fraction of sp³-hybridized carbons (Fsp3) is 0.176. The number of fused-ring (bicyclic) bond motifs is 1. The number of alkyl halides is 3. The van der Waals surface area contributed by atoms with Crippen LogP contribution in [0.3, 0.4) is 0 Å². The van der Waals surface area contributed by atoms with Gasteiger partial charge < -0.3 is 14.1 Å². The number of carbonyl (C=O) groups excluding carboxylic acids is 1. The van der Waals surface area contributed by atoms with Crippen LogP contribution in [0, 0.1) is 0 Å². The van der Waals surface area contributed by atoms with E-state index in [-0.39, 0.29) is 27.2 Å². The molecule has 0 unspecified atom stereocenters. The van der Waals surface area contributed by atoms with E-state index in [0.29, 0.717) is 21.7 Å². The van der Waals surface area contributed by atoms with E-state index in [1.54, 1.807) is 0 Å². The molecular formula is C17H11Cl2F3N2O3. The van der Waals surface area contributed by atoms with Gasteiger partial charge in [-0.3, -0.25) is 4.79 Å². The van der Waals surface area contributed by atoms with Crippen LogP contribution in [0.5, 0.6) is 5.75 Å². The van der Waals surface area contributed by atoms with Gasteiger partial charge in [0.1, 0.15) is 5.52 Å². The van der Waals surface area contributed by atoms with Gasteiger partial charge in [0.2, 0.25) is 5.89 Å². The average molecular weight is 419 g/mol. The average Bonchev–Trinajstić information content (AvgIpc) is 3.02. The molecule has 27 heavy (non-hydrogen) atoms. The molecule has 0 aliphatic carbocycles. The molecule has 0 N–H and O–H groups in total. The van der Waals surface area contributed by atoms with Gasteiger partial charge in [0.15, 0.2) is 11.3 Å². The first-order chi connectivity index (χ1) is 12.6. The zero-order valence-corrected chi connectivity index (χ0v) is 15.4. The van der Waals surface area contributed by atoms with Crippen LogP contribution in [0.15, 0.2) is 34.7 Å². The van der Waals surface area contributed by atoms with E-state index < -0.39 is 12.1 Å². The van der Waals surface area contributed by atoms with Crippen LogP contribution in [0.25, 0.3) is 22.6 Å². The quantitative estimate of drug-likeness (QED) is 0.576. The third-order valence-electron chi connectivity index (χ3n) is 3.76. The number of carbonyl (C=O) groups is 1. The van der Waals surface area contributed by atoms with Gasteiger partial charge in [-0.25, -0.2) is 4.98 Å². The van der Waals surface area contributed by atoms with Crippen molar-refractivity contribution in [2.24, 2.45) is 0 Å². The number of benzene rings is 2. The van der Waals surface area contributed by atoms with E-state index >= 15 is 0 Å². The smallest absolute Gasteiger partial charge is 0.471 e. The fourth-order valence-corrected chi connectivity index (χ4v) is 3.07. The maximum Gasteiger partial charge on any atom is 0.471 e. The van der Waals surface area contributed by atoms with Gasteiger partial charge in [-0.15, -0.1) is 0 Å². The monoisotopic (exact) mass is 418 g/mol. The molecule has 0 aliphatic rings. The molecule has 0 spiro atoms. The Morgan fingerprint density at radius 3 is 2.37 bits per heavy atom. The van der Waals surface area contributed by atoms with Crippen molar-refractivity contribution in [2.75, 3.05) is 19.1 Å². The second-order valence-electron chi connectivity index (χ2n) is 5.51. The number of amides is 1. The SMILES string of the molecule is COc1c(Cl)cc(-c2nc3ccc(N(C)C(=O)C(F)(F)F)cc3o2)cc1Cl. The minimum absolute atomic E-state index is 0.0123. The minimum atomic E-state index is -4.98. The molecule has 0 saturated heterocycles. The van der Waals surface area contributed by atoms with Crippen LogP contribution in [0.1, 0.15) is 0 Å². The number of hydrogen-bond donors (Lipinski definition) is 0. The van der Waals surface area contributed by atoms with E-state index in [9.17, 15) is 18.0 Å². The van der Waals surface area contributed by atoms with Gasteiger partial charge in [0.05, 0.1) is 17.2 Å². The molecule has 2 aromatic carbocycles. The Labute approximate surface area is 161 Å². The number of halogens is 5. The fourth-order valence-electron chi connectivity index (χ4n) is 2.43. The van der Waals surface area contributed by atoms with E-state index in [2.05, 4.69) is 4.98 Å². The number of nitrogens with zero attached hydrogens (tertiary/aromatic N) is 2. The number of anilines is 1. The largest absolute Gasteiger partial charge is 0.494 e. The van der Waals surface area contributed by atoms with Gasteiger partial charge in [0.25, 0.3) is 0 Å². The molecule has 5 nitrogen and oxygen atoms in total. The van der Waals surface area contributed by atoms with Crippen LogP contribution >= 0.6 is 23.2 Å². The predicted molar refractivity (Wildman–Crippen MR) is 95.5 cm³/mol. The molecule has 0 radical (unpaired) electrons. The molecule has 0 fully saturated rings. The van der Waals surface area contributed by atoms with E-state index in [1.165, 1.54) is 37.4 Å². The standard InChI is InChI=1S/C17H11Cl2F3N2O3/c1-24(16(25)17(20,21)22)9-3-4-12-13(7-9)27-15(23-12)8-5-10(18)14(26-2)11(19)6-8/h3-7H,1-2H3. The van der Waals surface area contributed by atoms with E-state index in [0.717, 1.165) is 7.05 Å². The van der Waals surface area contributed by atoms with Crippen molar-refractivity contribution in [2.45, 2.75) is 6.18 Å². The Kier molecular flexibility index (Phi) is 4.96. The number of oxazole rings is 1. The van der Waals surface area contributed by atoms with Gasteiger partial charge in [0, 0.05) is 24.4 Å². The Hall–Kier alpha value is -2.45. The molecule has 0 bridgehead atoms. The van der Waals surface area contributed by atoms with E-state index in [4.69, 9.17) is 32.4 Å². The van der Waals surface area contributed by atoms with E-state index in [1.807, 2.05) is 0 Å². The molecule has 0 aliphatic heterocycles. The Morgan fingerprint density at radius 1 is 1.19 bits per heavy atom. The summed E-state index contributed by atoms with van der Waals surface area (Å²) in [6.45, 7) is 0. The van der Waals surface area contributed by atoms with Crippen molar-refractivity contribution in [1.29, 1.82) is 0 Å². The van der Waals surface area contributed by atoms with Gasteiger partial charge in [-0.1, -0.05) is 23.2 Å². The summed E-state index contributed by atoms with van der Waals surface area (Å²) in [5.74, 6) is -1.53. The highest BCUT2D eigenvalue weighted by Gasteiger charge is 2.41. The number of rotatable bonds is 3. The molecule has 1 amide bonds. The molecule has 10 heteroatoms. The summed E-state index contributed by atoms with van der Waals surface area (Å²) in [5, 5.41) is 0.497. The van der Waals surface area contributed by atoms with Crippen molar-refractivity contribution >= 4 is 45.9 Å². The topological polar surface area (TPSA) is 55.6 Å². The molecule has 0 atom stereocenters. The van der Waals surface area contributed by atoms with Crippen molar-refractivity contribution in [3.05, 3.63) is 40.4 Å². The zero-order valence-electron chi connectivity index (χ0n) is 13.9. The molecule has 0 saturated carbocycles. The second-order valence-corrected chi connectivity index (χ2v) is 6.32. The van der Waals surface area contributed by atoms with Gasteiger partial charge >= 0.3 is 12.1 Å². The summed E-state index contributed by atoms with van der Waals surface area (Å²) >= 11 is 12.2. The molecule has 1 heterocycles. The normalized spacial score (nSPS) is 11.7. The second kappa shape index (κ2) is 6.94. The first-order valence-electron chi connectivity index (χ1n) is 7.40. The lowest BCUT2D eigenvalue weighted by Gasteiger charge is -2.18. The minimum Gasteiger partial charge on any atom is -0.494 e. The van der Waals surface area contributed by atoms with Crippen molar-refractivity contribution < 1.29 is 27.1 Å². The Morgan fingerprint density at radius 2 is 1.81 bits per heavy atom. The van der Waals surface area contributed by atoms with Crippen molar-refractivity contribution in [3.8, 4) is 17.2 Å². The van der Waals surface area contributed by atoms with Crippen LogP contribution in [-0.2, 0) is 4.79 Å². The molecule has 1 aromatic heterocycles. The van der Waals surface area contributed by atoms with Crippen molar-refractivity contribution in [1.82, 2.24) is 4.98 Å². The third kappa shape index (κ3) is 3.68. The lowest BCUT2D eigenvalue weighted by Crippen LogP contribution is -2.38. The maximum atomic E-state index is 12.6. The first kappa shape index (κ1) is 19.3. The number of ether oxygens (including phenoxy) is 1. The van der Waals surface area contributed by atoms with Crippen molar-refractivity contribution in [3.63, 3.8) is 0 Å². The van der Waals surface area contributed by atoms with Gasteiger partial charge in [-0.05, 0) is 24.3 Å².